The molecule has 0 amide bonds. The van der Waals surface area contributed by atoms with E-state index in [1.165, 1.54) is 58.2 Å². The van der Waals surface area contributed by atoms with E-state index in [2.05, 4.69) is 38.9 Å². The highest BCUT2D eigenvalue weighted by atomic mass is 19.1. The Labute approximate surface area is 164 Å². The number of hydrogen-bond acceptors (Lipinski definition) is 2. The smallest absolute Gasteiger partial charge is 0.115 e. The maximum atomic E-state index is 13.4. The number of halogens is 1. The van der Waals surface area contributed by atoms with E-state index in [0.29, 0.717) is 6.04 Å². The summed E-state index contributed by atoms with van der Waals surface area (Å²) in [5.74, 6) is 0. The molecule has 1 atom stereocenters. The molecule has 1 fully saturated rings. The minimum absolute atomic E-state index is 0.399. The van der Waals surface area contributed by atoms with Gasteiger partial charge in [0.1, 0.15) is 6.67 Å². The molecule has 0 N–H and O–H groups in total. The van der Waals surface area contributed by atoms with E-state index in [-0.39, 0.29) is 0 Å². The van der Waals surface area contributed by atoms with Gasteiger partial charge in [0.25, 0.3) is 0 Å². The molecule has 0 spiro atoms. The van der Waals surface area contributed by atoms with Gasteiger partial charge >= 0.3 is 0 Å². The summed E-state index contributed by atoms with van der Waals surface area (Å²) in [6, 6.07) is 8.94. The second-order valence-corrected chi connectivity index (χ2v) is 8.44. The van der Waals surface area contributed by atoms with Crippen LogP contribution in [0.15, 0.2) is 36.7 Å². The van der Waals surface area contributed by atoms with E-state index in [4.69, 9.17) is 0 Å². The SMILES string of the molecule is FCc1ccc2c(c1)c1c(n2/C=C2\CCc3cnccc32)CC2CCCN2C1. The first-order valence-electron chi connectivity index (χ1n) is 10.4. The number of hydrogen-bond donors (Lipinski definition) is 0. The first kappa shape index (κ1) is 16.5. The van der Waals surface area contributed by atoms with Crippen LogP contribution in [0, 0.1) is 0 Å². The monoisotopic (exact) mass is 373 g/mol. The Morgan fingerprint density at radius 3 is 3.11 bits per heavy atom. The Balaban J connectivity index is 1.56. The van der Waals surface area contributed by atoms with Crippen LogP contribution < -0.4 is 0 Å². The van der Waals surface area contributed by atoms with E-state index in [9.17, 15) is 4.39 Å². The lowest BCUT2D eigenvalue weighted by Gasteiger charge is -2.30. The lowest BCUT2D eigenvalue weighted by Crippen LogP contribution is -2.35. The van der Waals surface area contributed by atoms with Gasteiger partial charge in [-0.2, -0.15) is 0 Å². The molecule has 0 bridgehead atoms. The van der Waals surface area contributed by atoms with Crippen LogP contribution in [-0.4, -0.2) is 27.0 Å². The predicted octanol–water partition coefficient (Wildman–Crippen LogP) is 4.97. The average Bonchev–Trinajstić information content (AvgIpc) is 3.43. The number of aryl methyl sites for hydroxylation is 1. The normalized spacial score (nSPS) is 22.6. The second kappa shape index (κ2) is 6.28. The number of pyridine rings is 1. The Bertz CT molecular complexity index is 1110. The van der Waals surface area contributed by atoms with Crippen molar-refractivity contribution in [2.75, 3.05) is 6.54 Å². The van der Waals surface area contributed by atoms with Crippen molar-refractivity contribution in [3.8, 4) is 0 Å². The summed E-state index contributed by atoms with van der Waals surface area (Å²) >= 11 is 0. The van der Waals surface area contributed by atoms with Crippen molar-refractivity contribution in [2.24, 2.45) is 0 Å². The summed E-state index contributed by atoms with van der Waals surface area (Å²) in [7, 11) is 0. The molecule has 0 radical (unpaired) electrons. The molecule has 6 rings (SSSR count). The number of alkyl halides is 1. The van der Waals surface area contributed by atoms with Gasteiger partial charge in [-0.1, -0.05) is 6.07 Å². The highest BCUT2D eigenvalue weighted by molar-refractivity contribution is 5.91. The Morgan fingerprint density at radius 2 is 2.18 bits per heavy atom. The predicted molar refractivity (Wildman–Crippen MR) is 111 cm³/mol. The van der Waals surface area contributed by atoms with Gasteiger partial charge in [0.2, 0.25) is 0 Å². The van der Waals surface area contributed by atoms with Crippen molar-refractivity contribution >= 4 is 22.7 Å². The molecule has 2 aromatic heterocycles. The van der Waals surface area contributed by atoms with E-state index in [0.717, 1.165) is 31.4 Å². The molecule has 1 aromatic carbocycles. The zero-order chi connectivity index (χ0) is 18.7. The summed E-state index contributed by atoms with van der Waals surface area (Å²) in [5, 5.41) is 1.24. The lowest BCUT2D eigenvalue weighted by molar-refractivity contribution is 0.226. The lowest BCUT2D eigenvalue weighted by atomic mass is 9.98. The Kier molecular flexibility index (Phi) is 3.70. The first-order valence-corrected chi connectivity index (χ1v) is 10.4. The van der Waals surface area contributed by atoms with Gasteiger partial charge in [0.15, 0.2) is 0 Å². The summed E-state index contributed by atoms with van der Waals surface area (Å²) in [4.78, 5) is 6.91. The minimum atomic E-state index is -0.399. The minimum Gasteiger partial charge on any atom is -0.320 e. The van der Waals surface area contributed by atoms with Crippen molar-refractivity contribution in [2.45, 2.75) is 51.4 Å². The molecular formula is C24H24FN3. The van der Waals surface area contributed by atoms with Crippen molar-refractivity contribution in [3.63, 3.8) is 0 Å². The van der Waals surface area contributed by atoms with Crippen LogP contribution in [0.2, 0.25) is 0 Å². The van der Waals surface area contributed by atoms with Crippen molar-refractivity contribution < 1.29 is 4.39 Å². The molecule has 3 aromatic rings. The third-order valence-corrected chi connectivity index (χ3v) is 6.93. The van der Waals surface area contributed by atoms with Gasteiger partial charge < -0.3 is 4.57 Å². The first-order chi connectivity index (χ1) is 13.8. The number of rotatable bonds is 2. The van der Waals surface area contributed by atoms with Gasteiger partial charge in [-0.05, 0) is 78.3 Å². The van der Waals surface area contributed by atoms with E-state index >= 15 is 0 Å². The number of nitrogens with zero attached hydrogens (tertiary/aromatic N) is 3. The number of allylic oxidation sites excluding steroid dienone is 1. The average molecular weight is 373 g/mol. The summed E-state index contributed by atoms with van der Waals surface area (Å²) in [6.45, 7) is 1.80. The summed E-state index contributed by atoms with van der Waals surface area (Å²) in [5.41, 5.74) is 8.92. The molecule has 3 aliphatic rings. The Morgan fingerprint density at radius 1 is 1.21 bits per heavy atom. The van der Waals surface area contributed by atoms with E-state index < -0.39 is 6.67 Å². The second-order valence-electron chi connectivity index (χ2n) is 8.44. The molecule has 142 valence electrons. The standard InChI is InChI=1S/C24H24FN3/c25-12-16-3-6-23-21(10-16)22-15-27-9-1-2-19(27)11-24(22)28(23)14-18-5-4-17-13-26-8-7-20(17)18/h3,6-8,10,13-14,19H,1-2,4-5,9,11-12,15H2/b18-14+. The summed E-state index contributed by atoms with van der Waals surface area (Å²) < 4.78 is 15.8. The van der Waals surface area contributed by atoms with Crippen LogP contribution in [-0.2, 0) is 26.1 Å². The number of benzene rings is 1. The largest absolute Gasteiger partial charge is 0.320 e. The topological polar surface area (TPSA) is 21.1 Å². The van der Waals surface area contributed by atoms with Crippen molar-refractivity contribution in [1.82, 2.24) is 14.5 Å². The van der Waals surface area contributed by atoms with Gasteiger partial charge in [0, 0.05) is 48.7 Å². The van der Waals surface area contributed by atoms with Crippen LogP contribution in [0.3, 0.4) is 0 Å². The van der Waals surface area contributed by atoms with Gasteiger partial charge in [-0.3, -0.25) is 9.88 Å². The fourth-order valence-corrected chi connectivity index (χ4v) is 5.50. The highest BCUT2D eigenvalue weighted by Crippen LogP contribution is 2.39. The van der Waals surface area contributed by atoms with Crippen LogP contribution in [0.5, 0.6) is 0 Å². The molecule has 4 heterocycles. The number of aromatic nitrogens is 2. The van der Waals surface area contributed by atoms with Crippen LogP contribution in [0.4, 0.5) is 4.39 Å². The zero-order valence-corrected chi connectivity index (χ0v) is 16.0. The quantitative estimate of drug-likeness (QED) is 0.632. The van der Waals surface area contributed by atoms with Crippen LogP contribution in [0.25, 0.3) is 22.7 Å². The maximum absolute atomic E-state index is 13.4. The molecule has 4 heteroatoms. The third kappa shape index (κ3) is 2.40. The van der Waals surface area contributed by atoms with Gasteiger partial charge in [0.05, 0.1) is 5.52 Å². The molecular weight excluding hydrogens is 349 g/mol. The fourth-order valence-electron chi connectivity index (χ4n) is 5.50. The maximum Gasteiger partial charge on any atom is 0.115 e. The molecule has 1 saturated heterocycles. The summed E-state index contributed by atoms with van der Waals surface area (Å²) in [6.07, 6.45) is 12.1. The highest BCUT2D eigenvalue weighted by Gasteiger charge is 2.33. The van der Waals surface area contributed by atoms with Crippen molar-refractivity contribution in [3.05, 3.63) is 64.6 Å². The van der Waals surface area contributed by atoms with Gasteiger partial charge in [-0.25, -0.2) is 4.39 Å². The molecule has 1 aliphatic carbocycles. The van der Waals surface area contributed by atoms with Gasteiger partial charge in [-0.15, -0.1) is 0 Å². The van der Waals surface area contributed by atoms with E-state index in [1.54, 1.807) is 0 Å². The molecule has 1 unspecified atom stereocenters. The Hall–Kier alpha value is -2.46. The van der Waals surface area contributed by atoms with Crippen LogP contribution in [0.1, 0.15) is 47.2 Å². The number of fused-ring (bicyclic) bond motifs is 5. The third-order valence-electron chi connectivity index (χ3n) is 6.93. The molecule has 2 aliphatic heterocycles. The molecule has 28 heavy (non-hydrogen) atoms. The van der Waals surface area contributed by atoms with E-state index in [1.807, 2.05) is 18.5 Å². The molecule has 0 saturated carbocycles. The van der Waals surface area contributed by atoms with Crippen molar-refractivity contribution in [1.29, 1.82) is 0 Å². The molecule has 3 nitrogen and oxygen atoms in total. The fraction of sp³-hybridized carbons (Fsp3) is 0.375. The van der Waals surface area contributed by atoms with Crippen LogP contribution >= 0.6 is 0 Å². The zero-order valence-electron chi connectivity index (χ0n) is 16.0.